The lowest BCUT2D eigenvalue weighted by Gasteiger charge is -2.09. The lowest BCUT2D eigenvalue weighted by molar-refractivity contribution is -0.117. The van der Waals surface area contributed by atoms with E-state index in [0.717, 1.165) is 5.71 Å². The van der Waals surface area contributed by atoms with Crippen LogP contribution in [0.5, 0.6) is 0 Å². The summed E-state index contributed by atoms with van der Waals surface area (Å²) in [6.45, 7) is 0. The minimum absolute atomic E-state index is 0.0469. The van der Waals surface area contributed by atoms with Crippen LogP contribution < -0.4 is 5.01 Å². The van der Waals surface area contributed by atoms with Crippen molar-refractivity contribution in [2.24, 2.45) is 11.0 Å². The van der Waals surface area contributed by atoms with Crippen molar-refractivity contribution < 1.29 is 4.79 Å². The van der Waals surface area contributed by atoms with Gasteiger partial charge in [0, 0.05) is 6.20 Å². The van der Waals surface area contributed by atoms with Gasteiger partial charge in [-0.3, -0.25) is 4.79 Å². The molecule has 17 heavy (non-hydrogen) atoms. The van der Waals surface area contributed by atoms with Crippen LogP contribution in [0.25, 0.3) is 0 Å². The third-order valence-electron chi connectivity index (χ3n) is 3.49. The van der Waals surface area contributed by atoms with Gasteiger partial charge < -0.3 is 0 Å². The molecule has 1 amide bonds. The summed E-state index contributed by atoms with van der Waals surface area (Å²) in [6, 6.07) is 5.53. The molecule has 2 heterocycles. The highest BCUT2D eigenvalue weighted by Crippen LogP contribution is 2.30. The van der Waals surface area contributed by atoms with E-state index in [1.165, 1.54) is 30.7 Å². The fourth-order valence-corrected chi connectivity index (χ4v) is 2.59. The third kappa shape index (κ3) is 1.95. The van der Waals surface area contributed by atoms with E-state index in [1.54, 1.807) is 6.20 Å². The average Bonchev–Trinajstić information content (AvgIpc) is 2.99. The summed E-state index contributed by atoms with van der Waals surface area (Å²) < 4.78 is 0. The van der Waals surface area contributed by atoms with Crippen LogP contribution >= 0.6 is 0 Å². The molecule has 0 radical (unpaired) electrons. The second-order valence-corrected chi connectivity index (χ2v) is 4.64. The van der Waals surface area contributed by atoms with Crippen LogP contribution in [0.3, 0.4) is 0 Å². The summed E-state index contributed by atoms with van der Waals surface area (Å²) >= 11 is 0. The molecule has 0 saturated heterocycles. The fourth-order valence-electron chi connectivity index (χ4n) is 2.59. The molecule has 2 aliphatic rings. The van der Waals surface area contributed by atoms with Crippen LogP contribution in [0.4, 0.5) is 5.82 Å². The molecule has 4 nitrogen and oxygen atoms in total. The Bertz CT molecular complexity index is 449. The molecule has 0 unspecified atom stereocenters. The maximum absolute atomic E-state index is 11.9. The largest absolute Gasteiger partial charge is 0.272 e. The summed E-state index contributed by atoms with van der Waals surface area (Å²) in [4.78, 5) is 16.1. The van der Waals surface area contributed by atoms with E-state index in [4.69, 9.17) is 0 Å². The van der Waals surface area contributed by atoms with Crippen LogP contribution in [0.1, 0.15) is 32.1 Å². The number of nitrogens with zero attached hydrogens (tertiary/aromatic N) is 3. The fraction of sp³-hybridized carbons (Fsp3) is 0.462. The van der Waals surface area contributed by atoms with E-state index < -0.39 is 0 Å². The molecule has 1 aliphatic carbocycles. The molecular weight excluding hydrogens is 214 g/mol. The molecule has 0 spiro atoms. The first kappa shape index (κ1) is 10.4. The second kappa shape index (κ2) is 4.28. The first-order chi connectivity index (χ1) is 8.34. The smallest absolute Gasteiger partial charge is 0.254 e. The molecule has 3 rings (SSSR count). The zero-order valence-corrected chi connectivity index (χ0v) is 9.67. The van der Waals surface area contributed by atoms with Crippen molar-refractivity contribution in [1.82, 2.24) is 4.98 Å². The molecule has 1 aliphatic heterocycles. The van der Waals surface area contributed by atoms with Gasteiger partial charge >= 0.3 is 0 Å². The van der Waals surface area contributed by atoms with E-state index in [-0.39, 0.29) is 5.91 Å². The third-order valence-corrected chi connectivity index (χ3v) is 3.49. The number of pyridine rings is 1. The van der Waals surface area contributed by atoms with Crippen molar-refractivity contribution in [3.63, 3.8) is 0 Å². The number of carbonyl (C=O) groups excluding carboxylic acids is 1. The predicted octanol–water partition coefficient (Wildman–Crippen LogP) is 2.36. The van der Waals surface area contributed by atoms with E-state index >= 15 is 0 Å². The second-order valence-electron chi connectivity index (χ2n) is 4.64. The Hall–Kier alpha value is -1.71. The molecule has 0 N–H and O–H groups in total. The molecular formula is C13H15N3O. The van der Waals surface area contributed by atoms with Crippen molar-refractivity contribution in [3.05, 3.63) is 24.4 Å². The van der Waals surface area contributed by atoms with E-state index in [1.807, 2.05) is 18.2 Å². The summed E-state index contributed by atoms with van der Waals surface area (Å²) in [5.41, 5.74) is 1.05. The van der Waals surface area contributed by atoms with E-state index in [2.05, 4.69) is 10.1 Å². The molecule has 88 valence electrons. The summed E-state index contributed by atoms with van der Waals surface area (Å²) in [5, 5.41) is 5.91. The number of rotatable bonds is 2. The number of hydrazone groups is 1. The Labute approximate surface area is 100 Å². The van der Waals surface area contributed by atoms with Crippen LogP contribution in [0, 0.1) is 5.92 Å². The normalized spacial score (nSPS) is 21.1. The minimum atomic E-state index is 0.0469. The Morgan fingerprint density at radius 1 is 1.24 bits per heavy atom. The summed E-state index contributed by atoms with van der Waals surface area (Å²) in [5.74, 6) is 1.20. The Morgan fingerprint density at radius 3 is 2.76 bits per heavy atom. The van der Waals surface area contributed by atoms with Crippen LogP contribution in [0.2, 0.25) is 0 Å². The van der Waals surface area contributed by atoms with E-state index in [0.29, 0.717) is 18.2 Å². The van der Waals surface area contributed by atoms with Crippen molar-refractivity contribution in [1.29, 1.82) is 0 Å². The van der Waals surface area contributed by atoms with Gasteiger partial charge in [-0.2, -0.15) is 10.1 Å². The van der Waals surface area contributed by atoms with E-state index in [9.17, 15) is 4.79 Å². The average molecular weight is 229 g/mol. The number of hydrogen-bond donors (Lipinski definition) is 0. The van der Waals surface area contributed by atoms with Crippen molar-refractivity contribution in [2.75, 3.05) is 5.01 Å². The number of carbonyl (C=O) groups is 1. The van der Waals surface area contributed by atoms with Crippen LogP contribution in [0.15, 0.2) is 29.5 Å². The molecule has 0 bridgehead atoms. The predicted molar refractivity (Wildman–Crippen MR) is 65.7 cm³/mol. The van der Waals surface area contributed by atoms with Gasteiger partial charge in [0.25, 0.3) is 5.91 Å². The van der Waals surface area contributed by atoms with Gasteiger partial charge in [0.1, 0.15) is 0 Å². The first-order valence-corrected chi connectivity index (χ1v) is 6.16. The van der Waals surface area contributed by atoms with Gasteiger partial charge in [-0.05, 0) is 30.9 Å². The van der Waals surface area contributed by atoms with Crippen molar-refractivity contribution in [3.8, 4) is 0 Å². The maximum Gasteiger partial charge on any atom is 0.254 e. The van der Waals surface area contributed by atoms with Crippen LogP contribution in [-0.2, 0) is 4.79 Å². The lowest BCUT2D eigenvalue weighted by atomic mass is 10.00. The van der Waals surface area contributed by atoms with Gasteiger partial charge in [-0.1, -0.05) is 18.9 Å². The number of aromatic nitrogens is 1. The zero-order chi connectivity index (χ0) is 11.7. The Balaban J connectivity index is 1.84. The highest BCUT2D eigenvalue weighted by atomic mass is 16.2. The van der Waals surface area contributed by atoms with Crippen molar-refractivity contribution >= 4 is 17.4 Å². The minimum Gasteiger partial charge on any atom is -0.272 e. The molecule has 1 aromatic rings. The maximum atomic E-state index is 11.9. The topological polar surface area (TPSA) is 45.6 Å². The quantitative estimate of drug-likeness (QED) is 0.781. The molecule has 0 aromatic carbocycles. The summed E-state index contributed by atoms with van der Waals surface area (Å²) in [6.07, 6.45) is 7.06. The van der Waals surface area contributed by atoms with Gasteiger partial charge in [0.15, 0.2) is 5.82 Å². The highest BCUT2D eigenvalue weighted by molar-refractivity contribution is 6.13. The molecule has 0 atom stereocenters. The Kier molecular flexibility index (Phi) is 2.63. The SMILES string of the molecule is O=C1CC(C2CCCC2)=NN1c1ccccn1. The van der Waals surface area contributed by atoms with Gasteiger partial charge in [-0.15, -0.1) is 0 Å². The van der Waals surface area contributed by atoms with Crippen LogP contribution in [-0.4, -0.2) is 16.6 Å². The molecule has 1 saturated carbocycles. The monoisotopic (exact) mass is 229 g/mol. The van der Waals surface area contributed by atoms with Gasteiger partial charge in [-0.25, -0.2) is 4.98 Å². The number of hydrogen-bond acceptors (Lipinski definition) is 3. The van der Waals surface area contributed by atoms with Gasteiger partial charge in [0.05, 0.1) is 12.1 Å². The van der Waals surface area contributed by atoms with Crippen molar-refractivity contribution in [2.45, 2.75) is 32.1 Å². The molecule has 1 fully saturated rings. The summed E-state index contributed by atoms with van der Waals surface area (Å²) in [7, 11) is 0. The zero-order valence-electron chi connectivity index (χ0n) is 9.67. The first-order valence-electron chi connectivity index (χ1n) is 6.16. The van der Waals surface area contributed by atoms with Gasteiger partial charge in [0.2, 0.25) is 0 Å². The Morgan fingerprint density at radius 2 is 2.06 bits per heavy atom. The molecule has 1 aromatic heterocycles. The highest BCUT2D eigenvalue weighted by Gasteiger charge is 2.31. The standard InChI is InChI=1S/C13H15N3O/c17-13-9-11(10-5-1-2-6-10)15-16(13)12-7-3-4-8-14-12/h3-4,7-8,10H,1-2,5-6,9H2. The molecule has 4 heteroatoms. The number of anilines is 1. The lowest BCUT2D eigenvalue weighted by Crippen LogP contribution is -2.20. The number of amides is 1.